The van der Waals surface area contributed by atoms with Crippen molar-refractivity contribution in [3.05, 3.63) is 0 Å². The van der Waals surface area contributed by atoms with Gasteiger partial charge in [-0.05, 0) is 45.8 Å². The number of hydrogen-bond acceptors (Lipinski definition) is 3. The third-order valence-corrected chi connectivity index (χ3v) is 4.06. The van der Waals surface area contributed by atoms with Gasteiger partial charge in [0.25, 0.3) is 0 Å². The molecule has 0 amide bonds. The molecule has 2 rings (SSSR count). The Balaban J connectivity index is 1.55. The summed E-state index contributed by atoms with van der Waals surface area (Å²) in [6, 6.07) is 1.16. The number of likely N-dealkylation sites (tertiary alicyclic amines) is 1. The van der Waals surface area contributed by atoms with Gasteiger partial charge in [-0.15, -0.1) is 0 Å². The Hall–Kier alpha value is -0.330. The molecule has 1 saturated heterocycles. The number of likely N-dealkylation sites (N-methyl/N-ethyl adjacent to an activating group) is 1. The Morgan fingerprint density at radius 2 is 1.79 bits per heavy atom. The molecule has 0 atom stereocenters. The van der Waals surface area contributed by atoms with Gasteiger partial charge in [0.2, 0.25) is 0 Å². The first-order chi connectivity index (χ1) is 8.94. The number of alkyl halides is 3. The van der Waals surface area contributed by atoms with Gasteiger partial charge in [0.15, 0.2) is 0 Å². The van der Waals surface area contributed by atoms with Gasteiger partial charge >= 0.3 is 6.18 Å². The van der Waals surface area contributed by atoms with Crippen molar-refractivity contribution in [2.45, 2.75) is 43.9 Å². The van der Waals surface area contributed by atoms with E-state index in [0.29, 0.717) is 19.1 Å². The van der Waals surface area contributed by atoms with Gasteiger partial charge < -0.3 is 10.2 Å². The Morgan fingerprint density at radius 1 is 1.16 bits per heavy atom. The number of piperidine rings is 1. The summed E-state index contributed by atoms with van der Waals surface area (Å²) in [5.74, 6) is 0. The average molecular weight is 279 g/mol. The number of nitrogens with zero attached hydrogens (tertiary/aromatic N) is 2. The molecule has 1 saturated carbocycles. The van der Waals surface area contributed by atoms with Crippen LogP contribution >= 0.6 is 0 Å². The van der Waals surface area contributed by atoms with Crippen LogP contribution in [0.1, 0.15) is 25.7 Å². The zero-order valence-electron chi connectivity index (χ0n) is 11.5. The molecule has 3 nitrogen and oxygen atoms in total. The van der Waals surface area contributed by atoms with Crippen LogP contribution in [0.5, 0.6) is 0 Å². The predicted molar refractivity (Wildman–Crippen MR) is 69.2 cm³/mol. The van der Waals surface area contributed by atoms with Crippen LogP contribution in [0.4, 0.5) is 13.2 Å². The van der Waals surface area contributed by atoms with E-state index in [0.717, 1.165) is 32.0 Å². The van der Waals surface area contributed by atoms with Crippen LogP contribution in [0.25, 0.3) is 0 Å². The lowest BCUT2D eigenvalue weighted by atomic mass is 10.1. The van der Waals surface area contributed by atoms with E-state index in [9.17, 15) is 13.2 Å². The molecule has 1 N–H and O–H groups in total. The normalized spacial score (nSPS) is 23.2. The molecule has 0 aromatic carbocycles. The van der Waals surface area contributed by atoms with Crippen molar-refractivity contribution in [2.75, 3.05) is 39.8 Å². The molecular weight excluding hydrogens is 255 g/mol. The Bertz CT molecular complexity index is 271. The minimum atomic E-state index is -4.06. The SMILES string of the molecule is CN(CCNC1CCN(CC(F)(F)F)CC1)C1CC1. The Labute approximate surface area is 113 Å². The molecule has 0 aromatic heterocycles. The highest BCUT2D eigenvalue weighted by Gasteiger charge is 2.32. The topological polar surface area (TPSA) is 18.5 Å². The van der Waals surface area contributed by atoms with Crippen LogP contribution in [-0.4, -0.2) is 67.8 Å². The van der Waals surface area contributed by atoms with Crippen molar-refractivity contribution >= 4 is 0 Å². The Morgan fingerprint density at radius 3 is 2.32 bits per heavy atom. The molecule has 0 bridgehead atoms. The molecule has 1 aliphatic heterocycles. The third kappa shape index (κ3) is 5.67. The van der Waals surface area contributed by atoms with E-state index in [-0.39, 0.29) is 0 Å². The average Bonchev–Trinajstić information content (AvgIpc) is 3.13. The zero-order chi connectivity index (χ0) is 13.9. The van der Waals surface area contributed by atoms with E-state index in [1.54, 1.807) is 0 Å². The monoisotopic (exact) mass is 279 g/mol. The van der Waals surface area contributed by atoms with Crippen molar-refractivity contribution < 1.29 is 13.2 Å². The summed E-state index contributed by atoms with van der Waals surface area (Å²) in [7, 11) is 2.14. The molecule has 2 aliphatic rings. The first-order valence-electron chi connectivity index (χ1n) is 7.17. The summed E-state index contributed by atoms with van der Waals surface area (Å²) >= 11 is 0. The summed E-state index contributed by atoms with van der Waals surface area (Å²) < 4.78 is 36.7. The molecular formula is C13H24F3N3. The molecule has 0 aromatic rings. The standard InChI is InChI=1S/C13H24F3N3/c1-18(12-2-3-12)9-6-17-11-4-7-19(8-5-11)10-13(14,15)16/h11-12,17H,2-10H2,1H3. The van der Waals surface area contributed by atoms with Crippen LogP contribution < -0.4 is 5.32 Å². The van der Waals surface area contributed by atoms with E-state index < -0.39 is 12.7 Å². The number of nitrogens with one attached hydrogen (secondary N) is 1. The second-order valence-electron chi connectivity index (χ2n) is 5.83. The number of halogens is 3. The molecule has 0 radical (unpaired) electrons. The summed E-state index contributed by atoms with van der Waals surface area (Å²) in [5.41, 5.74) is 0. The van der Waals surface area contributed by atoms with Gasteiger partial charge in [0.1, 0.15) is 0 Å². The first-order valence-corrected chi connectivity index (χ1v) is 7.17. The maximum atomic E-state index is 12.2. The smallest absolute Gasteiger partial charge is 0.313 e. The lowest BCUT2D eigenvalue weighted by molar-refractivity contribution is -0.148. The second-order valence-corrected chi connectivity index (χ2v) is 5.83. The lowest BCUT2D eigenvalue weighted by Gasteiger charge is -2.33. The van der Waals surface area contributed by atoms with Crippen molar-refractivity contribution in [2.24, 2.45) is 0 Å². The summed E-state index contributed by atoms with van der Waals surface area (Å²) in [6.07, 6.45) is 0.207. The van der Waals surface area contributed by atoms with Gasteiger partial charge in [-0.1, -0.05) is 0 Å². The molecule has 0 unspecified atom stereocenters. The van der Waals surface area contributed by atoms with Crippen LogP contribution in [-0.2, 0) is 0 Å². The quantitative estimate of drug-likeness (QED) is 0.798. The molecule has 0 spiro atoms. The van der Waals surface area contributed by atoms with E-state index >= 15 is 0 Å². The van der Waals surface area contributed by atoms with Crippen LogP contribution in [0, 0.1) is 0 Å². The van der Waals surface area contributed by atoms with Crippen molar-refractivity contribution in [1.29, 1.82) is 0 Å². The van der Waals surface area contributed by atoms with E-state index in [1.807, 2.05) is 0 Å². The molecule has 112 valence electrons. The van der Waals surface area contributed by atoms with Gasteiger partial charge in [0, 0.05) is 25.2 Å². The highest BCUT2D eigenvalue weighted by atomic mass is 19.4. The van der Waals surface area contributed by atoms with Crippen molar-refractivity contribution in [3.63, 3.8) is 0 Å². The fourth-order valence-corrected chi connectivity index (χ4v) is 2.69. The van der Waals surface area contributed by atoms with Crippen LogP contribution in [0.2, 0.25) is 0 Å². The van der Waals surface area contributed by atoms with Gasteiger partial charge in [0.05, 0.1) is 6.54 Å². The fraction of sp³-hybridized carbons (Fsp3) is 1.00. The molecule has 19 heavy (non-hydrogen) atoms. The molecule has 6 heteroatoms. The molecule has 2 fully saturated rings. The number of hydrogen-bond donors (Lipinski definition) is 1. The van der Waals surface area contributed by atoms with Crippen LogP contribution in [0.3, 0.4) is 0 Å². The van der Waals surface area contributed by atoms with Crippen LogP contribution in [0.15, 0.2) is 0 Å². The lowest BCUT2D eigenvalue weighted by Crippen LogP contribution is -2.46. The highest BCUT2D eigenvalue weighted by Crippen LogP contribution is 2.24. The van der Waals surface area contributed by atoms with Gasteiger partial charge in [-0.2, -0.15) is 13.2 Å². The van der Waals surface area contributed by atoms with Crippen molar-refractivity contribution in [3.8, 4) is 0 Å². The fourth-order valence-electron chi connectivity index (χ4n) is 2.69. The summed E-state index contributed by atoms with van der Waals surface area (Å²) in [6.45, 7) is 2.32. The number of rotatable bonds is 6. The first kappa shape index (κ1) is 15.1. The minimum absolute atomic E-state index is 0.386. The maximum absolute atomic E-state index is 12.2. The largest absolute Gasteiger partial charge is 0.401 e. The van der Waals surface area contributed by atoms with Gasteiger partial charge in [-0.3, -0.25) is 4.90 Å². The summed E-state index contributed by atoms with van der Waals surface area (Å²) in [5, 5.41) is 3.47. The third-order valence-electron chi connectivity index (χ3n) is 4.06. The maximum Gasteiger partial charge on any atom is 0.401 e. The predicted octanol–water partition coefficient (Wildman–Crippen LogP) is 1.70. The zero-order valence-corrected chi connectivity index (χ0v) is 11.5. The van der Waals surface area contributed by atoms with Crippen molar-refractivity contribution in [1.82, 2.24) is 15.1 Å². The van der Waals surface area contributed by atoms with Gasteiger partial charge in [-0.25, -0.2) is 0 Å². The van der Waals surface area contributed by atoms with E-state index in [4.69, 9.17) is 0 Å². The summed E-state index contributed by atoms with van der Waals surface area (Å²) in [4.78, 5) is 3.88. The Kier molecular flexibility index (Phi) is 5.09. The van der Waals surface area contributed by atoms with E-state index in [2.05, 4.69) is 17.3 Å². The van der Waals surface area contributed by atoms with E-state index in [1.165, 1.54) is 17.7 Å². The minimum Gasteiger partial charge on any atom is -0.313 e. The molecule has 1 aliphatic carbocycles. The second kappa shape index (κ2) is 6.41. The molecule has 1 heterocycles. The highest BCUT2D eigenvalue weighted by molar-refractivity contribution is 4.83.